The highest BCUT2D eigenvalue weighted by Gasteiger charge is 2.20. The normalized spacial score (nSPS) is 12.7. The maximum Gasteiger partial charge on any atom is 0.340 e. The molecular weight excluding hydrogens is 273 g/mol. The summed E-state index contributed by atoms with van der Waals surface area (Å²) in [5.41, 5.74) is 5.37. The molecule has 6 heteroatoms. The zero-order valence-corrected chi connectivity index (χ0v) is 13.0. The molecule has 0 heterocycles. The molecule has 1 aromatic carbocycles. The summed E-state index contributed by atoms with van der Waals surface area (Å²) in [5.74, 6) is -1.50. The van der Waals surface area contributed by atoms with Crippen LogP contribution in [0.2, 0.25) is 0 Å². The first-order valence-electron chi connectivity index (χ1n) is 6.94. The molecule has 1 rings (SSSR count). The molecular formula is C15H24FN3O2. The van der Waals surface area contributed by atoms with Crippen molar-refractivity contribution in [3.8, 4) is 0 Å². The number of aromatic carboxylic acids is 1. The summed E-state index contributed by atoms with van der Waals surface area (Å²) in [6.07, 6.45) is 0.870. The Balaban J connectivity index is 3.08. The van der Waals surface area contributed by atoms with Gasteiger partial charge < -0.3 is 21.1 Å². The maximum absolute atomic E-state index is 13.5. The topological polar surface area (TPSA) is 78.6 Å². The molecule has 0 spiro atoms. The molecule has 118 valence electrons. The van der Waals surface area contributed by atoms with E-state index in [9.17, 15) is 14.3 Å². The molecule has 4 N–H and O–H groups in total. The van der Waals surface area contributed by atoms with Crippen molar-refractivity contribution in [1.82, 2.24) is 4.90 Å². The summed E-state index contributed by atoms with van der Waals surface area (Å²) < 4.78 is 13.5. The summed E-state index contributed by atoms with van der Waals surface area (Å²) in [4.78, 5) is 13.3. The van der Waals surface area contributed by atoms with Gasteiger partial charge in [0.1, 0.15) is 11.4 Å². The van der Waals surface area contributed by atoms with Gasteiger partial charge in [0.25, 0.3) is 0 Å². The third-order valence-electron chi connectivity index (χ3n) is 3.11. The highest BCUT2D eigenvalue weighted by atomic mass is 19.1. The minimum atomic E-state index is -1.23. The average Bonchev–Trinajstić information content (AvgIpc) is 2.31. The van der Waals surface area contributed by atoms with Crippen molar-refractivity contribution in [1.29, 1.82) is 0 Å². The van der Waals surface area contributed by atoms with E-state index in [-0.39, 0.29) is 17.3 Å². The van der Waals surface area contributed by atoms with Gasteiger partial charge in [0.2, 0.25) is 0 Å². The van der Waals surface area contributed by atoms with Crippen molar-refractivity contribution in [2.45, 2.75) is 26.3 Å². The highest BCUT2D eigenvalue weighted by molar-refractivity contribution is 6.00. The lowest BCUT2D eigenvalue weighted by Gasteiger charge is -2.26. The van der Waals surface area contributed by atoms with Crippen LogP contribution in [0.15, 0.2) is 12.1 Å². The van der Waals surface area contributed by atoms with Crippen LogP contribution in [0.25, 0.3) is 0 Å². The van der Waals surface area contributed by atoms with Crippen molar-refractivity contribution in [3.05, 3.63) is 23.5 Å². The van der Waals surface area contributed by atoms with Crippen molar-refractivity contribution in [3.63, 3.8) is 0 Å². The fraction of sp³-hybridized carbons (Fsp3) is 0.533. The van der Waals surface area contributed by atoms with Crippen molar-refractivity contribution in [2.75, 3.05) is 31.7 Å². The number of nitrogens with one attached hydrogen (secondary N) is 1. The molecule has 0 aromatic heterocycles. The van der Waals surface area contributed by atoms with Gasteiger partial charge in [-0.1, -0.05) is 13.8 Å². The Morgan fingerprint density at radius 1 is 1.43 bits per heavy atom. The number of nitrogen functional groups attached to an aromatic ring is 1. The lowest BCUT2D eigenvalue weighted by atomic mass is 10.0. The third kappa shape index (κ3) is 4.90. The molecule has 0 saturated carbocycles. The van der Waals surface area contributed by atoms with E-state index in [1.165, 1.54) is 12.1 Å². The van der Waals surface area contributed by atoms with Crippen LogP contribution < -0.4 is 11.1 Å². The summed E-state index contributed by atoms with van der Waals surface area (Å²) in [5, 5.41) is 12.4. The monoisotopic (exact) mass is 297 g/mol. The fourth-order valence-corrected chi connectivity index (χ4v) is 2.35. The first-order valence-corrected chi connectivity index (χ1v) is 6.94. The predicted molar refractivity (Wildman–Crippen MR) is 83.2 cm³/mol. The van der Waals surface area contributed by atoms with E-state index in [1.807, 2.05) is 19.0 Å². The number of hydrogen-bond donors (Lipinski definition) is 3. The lowest BCUT2D eigenvalue weighted by molar-refractivity contribution is 0.0698. The van der Waals surface area contributed by atoms with Crippen LogP contribution in [0, 0.1) is 11.7 Å². The summed E-state index contributed by atoms with van der Waals surface area (Å²) in [6.45, 7) is 4.94. The summed E-state index contributed by atoms with van der Waals surface area (Å²) in [7, 11) is 3.90. The Morgan fingerprint density at radius 2 is 2.05 bits per heavy atom. The molecule has 0 bridgehead atoms. The molecule has 0 amide bonds. The third-order valence-corrected chi connectivity index (χ3v) is 3.11. The summed E-state index contributed by atoms with van der Waals surface area (Å²) in [6, 6.07) is 2.67. The van der Waals surface area contributed by atoms with Crippen LogP contribution >= 0.6 is 0 Å². The SMILES string of the molecule is CC(C)CC(CN(C)C)Nc1ccc(F)c(N)c1C(=O)O. The van der Waals surface area contributed by atoms with Gasteiger partial charge in [-0.2, -0.15) is 0 Å². The summed E-state index contributed by atoms with van der Waals surface area (Å²) >= 11 is 0. The molecule has 21 heavy (non-hydrogen) atoms. The number of rotatable bonds is 7. The highest BCUT2D eigenvalue weighted by Crippen LogP contribution is 2.26. The zero-order valence-electron chi connectivity index (χ0n) is 13.0. The second-order valence-electron chi connectivity index (χ2n) is 5.92. The Labute approximate surface area is 124 Å². The Kier molecular flexibility index (Phi) is 5.96. The second kappa shape index (κ2) is 7.26. The van der Waals surface area contributed by atoms with Gasteiger partial charge in [-0.15, -0.1) is 0 Å². The van der Waals surface area contributed by atoms with E-state index >= 15 is 0 Å². The van der Waals surface area contributed by atoms with E-state index in [4.69, 9.17) is 5.73 Å². The molecule has 5 nitrogen and oxygen atoms in total. The van der Waals surface area contributed by atoms with Crippen LogP contribution in [-0.2, 0) is 0 Å². The minimum absolute atomic E-state index is 0.0583. The first kappa shape index (κ1) is 17.2. The van der Waals surface area contributed by atoms with Gasteiger partial charge in [-0.3, -0.25) is 0 Å². The van der Waals surface area contributed by atoms with Gasteiger partial charge >= 0.3 is 5.97 Å². The Morgan fingerprint density at radius 3 is 2.52 bits per heavy atom. The number of carbonyl (C=O) groups is 1. The first-order chi connectivity index (χ1) is 9.72. The van der Waals surface area contributed by atoms with Gasteiger partial charge in [0.05, 0.1) is 11.4 Å². The van der Waals surface area contributed by atoms with E-state index < -0.39 is 11.8 Å². The molecule has 0 saturated heterocycles. The molecule has 0 aliphatic heterocycles. The number of anilines is 2. The van der Waals surface area contributed by atoms with Crippen LogP contribution in [0.1, 0.15) is 30.6 Å². The number of carboxylic acid groups (broad SMARTS) is 1. The number of halogens is 1. The standard InChI is InChI=1S/C15H24FN3O2/c1-9(2)7-10(8-19(3)4)18-12-6-5-11(16)14(17)13(12)15(20)21/h5-6,9-10,18H,7-8,17H2,1-4H3,(H,20,21). The molecule has 0 aliphatic rings. The minimum Gasteiger partial charge on any atom is -0.478 e. The number of hydrogen-bond acceptors (Lipinski definition) is 4. The number of nitrogens with zero attached hydrogens (tertiary/aromatic N) is 1. The zero-order chi connectivity index (χ0) is 16.2. The Hall–Kier alpha value is -1.82. The average molecular weight is 297 g/mol. The van der Waals surface area contributed by atoms with Crippen molar-refractivity contribution >= 4 is 17.3 Å². The molecule has 1 unspecified atom stereocenters. The van der Waals surface area contributed by atoms with Crippen molar-refractivity contribution in [2.24, 2.45) is 5.92 Å². The number of nitrogens with two attached hydrogens (primary N) is 1. The van der Waals surface area contributed by atoms with E-state index in [0.717, 1.165) is 13.0 Å². The van der Waals surface area contributed by atoms with Crippen LogP contribution in [0.4, 0.5) is 15.8 Å². The Bertz CT molecular complexity index is 494. The van der Waals surface area contributed by atoms with E-state index in [2.05, 4.69) is 19.2 Å². The lowest BCUT2D eigenvalue weighted by Crippen LogP contribution is -2.34. The van der Waals surface area contributed by atoms with Gasteiger partial charge in [0.15, 0.2) is 0 Å². The van der Waals surface area contributed by atoms with Crippen molar-refractivity contribution < 1.29 is 14.3 Å². The van der Waals surface area contributed by atoms with Gasteiger partial charge in [-0.05, 0) is 38.6 Å². The van der Waals surface area contributed by atoms with Gasteiger partial charge in [0, 0.05) is 12.6 Å². The van der Waals surface area contributed by atoms with Gasteiger partial charge in [-0.25, -0.2) is 9.18 Å². The van der Waals surface area contributed by atoms with E-state index in [1.54, 1.807) is 0 Å². The second-order valence-corrected chi connectivity index (χ2v) is 5.92. The molecule has 0 fully saturated rings. The van der Waals surface area contributed by atoms with Crippen LogP contribution in [-0.4, -0.2) is 42.7 Å². The largest absolute Gasteiger partial charge is 0.478 e. The number of carboxylic acids is 1. The maximum atomic E-state index is 13.5. The van der Waals surface area contributed by atoms with E-state index in [0.29, 0.717) is 11.6 Å². The predicted octanol–water partition coefficient (Wildman–Crippen LogP) is 2.49. The van der Waals surface area contributed by atoms with Crippen LogP contribution in [0.5, 0.6) is 0 Å². The molecule has 1 atom stereocenters. The number of likely N-dealkylation sites (N-methyl/N-ethyl adjacent to an activating group) is 1. The molecule has 1 aromatic rings. The smallest absolute Gasteiger partial charge is 0.340 e. The molecule has 0 aliphatic carbocycles. The quantitative estimate of drug-likeness (QED) is 0.674. The van der Waals surface area contributed by atoms with Crippen LogP contribution in [0.3, 0.4) is 0 Å². The molecule has 0 radical (unpaired) electrons. The fourth-order valence-electron chi connectivity index (χ4n) is 2.35. The number of benzene rings is 1.